The molecule has 1 aliphatic rings. The Kier molecular flexibility index (Phi) is 4.68. The van der Waals surface area contributed by atoms with E-state index in [2.05, 4.69) is 0 Å². The standard InChI is InChI=1S/C18H16ClFN2O/c19-15-3-1-2-4-18(15)23-14-7-9-22(10-8-14)17-6-5-13(12-21)11-16(17)20/h1-6,11,14H,7-10H2. The monoisotopic (exact) mass is 330 g/mol. The van der Waals surface area contributed by atoms with Crippen molar-refractivity contribution in [3.63, 3.8) is 0 Å². The minimum atomic E-state index is -0.352. The number of para-hydroxylation sites is 1. The maximum Gasteiger partial charge on any atom is 0.147 e. The van der Waals surface area contributed by atoms with Crippen LogP contribution in [0, 0.1) is 17.1 Å². The third-order valence-corrected chi connectivity index (χ3v) is 4.30. The van der Waals surface area contributed by atoms with Crippen molar-refractivity contribution < 1.29 is 9.13 Å². The summed E-state index contributed by atoms with van der Waals surface area (Å²) in [6.07, 6.45) is 1.67. The van der Waals surface area contributed by atoms with Gasteiger partial charge in [-0.1, -0.05) is 23.7 Å². The number of piperidine rings is 1. The van der Waals surface area contributed by atoms with Crippen LogP contribution in [0.15, 0.2) is 42.5 Å². The molecule has 3 nitrogen and oxygen atoms in total. The number of hydrogen-bond acceptors (Lipinski definition) is 3. The van der Waals surface area contributed by atoms with Crippen molar-refractivity contribution in [1.82, 2.24) is 0 Å². The van der Waals surface area contributed by atoms with Crippen LogP contribution in [0.5, 0.6) is 5.75 Å². The summed E-state index contributed by atoms with van der Waals surface area (Å²) in [7, 11) is 0. The third-order valence-electron chi connectivity index (χ3n) is 3.99. The van der Waals surface area contributed by atoms with Crippen molar-refractivity contribution in [2.24, 2.45) is 0 Å². The average Bonchev–Trinajstić information content (AvgIpc) is 2.58. The zero-order valence-electron chi connectivity index (χ0n) is 12.5. The lowest BCUT2D eigenvalue weighted by Crippen LogP contribution is -2.38. The first-order chi connectivity index (χ1) is 11.2. The second-order valence-corrected chi connectivity index (χ2v) is 5.92. The highest BCUT2D eigenvalue weighted by molar-refractivity contribution is 6.32. The van der Waals surface area contributed by atoms with E-state index in [1.165, 1.54) is 6.07 Å². The van der Waals surface area contributed by atoms with Gasteiger partial charge in [-0.25, -0.2) is 4.39 Å². The van der Waals surface area contributed by atoms with Crippen LogP contribution in [0.1, 0.15) is 18.4 Å². The number of nitriles is 1. The van der Waals surface area contributed by atoms with Gasteiger partial charge in [0, 0.05) is 25.9 Å². The summed E-state index contributed by atoms with van der Waals surface area (Å²) < 4.78 is 20.0. The molecule has 2 aromatic carbocycles. The van der Waals surface area contributed by atoms with Gasteiger partial charge in [-0.2, -0.15) is 5.26 Å². The number of rotatable bonds is 3. The van der Waals surface area contributed by atoms with E-state index in [1.54, 1.807) is 18.2 Å². The minimum Gasteiger partial charge on any atom is -0.489 e. The molecule has 2 aromatic rings. The molecule has 0 bridgehead atoms. The fourth-order valence-corrected chi connectivity index (χ4v) is 2.95. The van der Waals surface area contributed by atoms with Gasteiger partial charge >= 0.3 is 0 Å². The fraction of sp³-hybridized carbons (Fsp3) is 0.278. The Morgan fingerprint density at radius 1 is 1.17 bits per heavy atom. The van der Waals surface area contributed by atoms with Crippen molar-refractivity contribution in [2.45, 2.75) is 18.9 Å². The molecule has 1 saturated heterocycles. The quantitative estimate of drug-likeness (QED) is 0.837. The summed E-state index contributed by atoms with van der Waals surface area (Å²) in [5.74, 6) is 0.340. The molecule has 23 heavy (non-hydrogen) atoms. The molecule has 0 aliphatic carbocycles. The maximum atomic E-state index is 14.1. The molecule has 0 unspecified atom stereocenters. The van der Waals surface area contributed by atoms with Gasteiger partial charge in [-0.05, 0) is 30.3 Å². The summed E-state index contributed by atoms with van der Waals surface area (Å²) in [4.78, 5) is 1.99. The molecule has 1 fully saturated rings. The number of nitrogens with zero attached hydrogens (tertiary/aromatic N) is 2. The lowest BCUT2D eigenvalue weighted by Gasteiger charge is -2.34. The van der Waals surface area contributed by atoms with E-state index in [4.69, 9.17) is 21.6 Å². The minimum absolute atomic E-state index is 0.0765. The number of ether oxygens (including phenoxy) is 1. The highest BCUT2D eigenvalue weighted by Gasteiger charge is 2.23. The molecular weight excluding hydrogens is 315 g/mol. The van der Waals surface area contributed by atoms with Gasteiger partial charge in [0.25, 0.3) is 0 Å². The number of anilines is 1. The summed E-state index contributed by atoms with van der Waals surface area (Å²) in [6, 6.07) is 14.0. The van der Waals surface area contributed by atoms with Crippen LogP contribution in [0.25, 0.3) is 0 Å². The Morgan fingerprint density at radius 3 is 2.57 bits per heavy atom. The molecule has 0 amide bonds. The largest absolute Gasteiger partial charge is 0.489 e. The van der Waals surface area contributed by atoms with Gasteiger partial charge in [0.2, 0.25) is 0 Å². The van der Waals surface area contributed by atoms with Gasteiger partial charge < -0.3 is 9.64 Å². The van der Waals surface area contributed by atoms with Gasteiger partial charge in [0.1, 0.15) is 17.7 Å². The highest BCUT2D eigenvalue weighted by atomic mass is 35.5. The molecule has 0 radical (unpaired) electrons. The second-order valence-electron chi connectivity index (χ2n) is 5.51. The van der Waals surface area contributed by atoms with Crippen LogP contribution in [0.2, 0.25) is 5.02 Å². The molecule has 3 rings (SSSR count). The van der Waals surface area contributed by atoms with Gasteiger partial charge in [-0.3, -0.25) is 0 Å². The Morgan fingerprint density at radius 2 is 1.91 bits per heavy atom. The summed E-state index contributed by atoms with van der Waals surface area (Å²) >= 11 is 6.11. The molecule has 5 heteroatoms. The van der Waals surface area contributed by atoms with Crippen molar-refractivity contribution >= 4 is 17.3 Å². The molecule has 1 aliphatic heterocycles. The SMILES string of the molecule is N#Cc1ccc(N2CCC(Oc3ccccc3Cl)CC2)c(F)c1. The van der Waals surface area contributed by atoms with E-state index in [0.717, 1.165) is 12.8 Å². The van der Waals surface area contributed by atoms with Crippen molar-refractivity contribution in [1.29, 1.82) is 5.26 Å². The van der Waals surface area contributed by atoms with Gasteiger partial charge in [0.05, 0.1) is 22.3 Å². The summed E-state index contributed by atoms with van der Waals surface area (Å²) in [5.41, 5.74) is 0.878. The topological polar surface area (TPSA) is 36.3 Å². The first-order valence-electron chi connectivity index (χ1n) is 7.53. The second kappa shape index (κ2) is 6.89. The molecule has 0 saturated carbocycles. The molecule has 1 heterocycles. The van der Waals surface area contributed by atoms with Gasteiger partial charge in [0.15, 0.2) is 0 Å². The van der Waals surface area contributed by atoms with E-state index in [0.29, 0.717) is 35.1 Å². The van der Waals surface area contributed by atoms with Crippen LogP contribution in [-0.4, -0.2) is 19.2 Å². The Bertz CT molecular complexity index is 736. The summed E-state index contributed by atoms with van der Waals surface area (Å²) in [6.45, 7) is 1.41. The van der Waals surface area contributed by atoms with E-state index < -0.39 is 0 Å². The van der Waals surface area contributed by atoms with E-state index in [9.17, 15) is 4.39 Å². The zero-order chi connectivity index (χ0) is 16.2. The van der Waals surface area contributed by atoms with E-state index in [1.807, 2.05) is 29.2 Å². The average molecular weight is 331 g/mol. The molecule has 0 N–H and O–H groups in total. The number of benzene rings is 2. The van der Waals surface area contributed by atoms with Crippen molar-refractivity contribution in [3.05, 3.63) is 58.9 Å². The van der Waals surface area contributed by atoms with Crippen LogP contribution in [0.4, 0.5) is 10.1 Å². The molecule has 118 valence electrons. The smallest absolute Gasteiger partial charge is 0.147 e. The van der Waals surface area contributed by atoms with E-state index >= 15 is 0 Å². The van der Waals surface area contributed by atoms with Crippen molar-refractivity contribution in [2.75, 3.05) is 18.0 Å². The highest BCUT2D eigenvalue weighted by Crippen LogP contribution is 2.29. The Labute approximate surface area is 139 Å². The van der Waals surface area contributed by atoms with Crippen LogP contribution in [-0.2, 0) is 0 Å². The molecular formula is C18H16ClFN2O. The zero-order valence-corrected chi connectivity index (χ0v) is 13.3. The number of hydrogen-bond donors (Lipinski definition) is 0. The van der Waals surface area contributed by atoms with E-state index in [-0.39, 0.29) is 11.9 Å². The molecule has 0 atom stereocenters. The van der Waals surface area contributed by atoms with Crippen LogP contribution >= 0.6 is 11.6 Å². The van der Waals surface area contributed by atoms with Crippen LogP contribution < -0.4 is 9.64 Å². The Hall–Kier alpha value is -2.25. The Balaban J connectivity index is 1.63. The fourth-order valence-electron chi connectivity index (χ4n) is 2.77. The first-order valence-corrected chi connectivity index (χ1v) is 7.91. The third kappa shape index (κ3) is 3.57. The predicted octanol–water partition coefficient (Wildman–Crippen LogP) is 4.40. The lowest BCUT2D eigenvalue weighted by molar-refractivity contribution is 0.171. The van der Waals surface area contributed by atoms with Crippen molar-refractivity contribution in [3.8, 4) is 11.8 Å². The predicted molar refractivity (Wildman–Crippen MR) is 88.4 cm³/mol. The maximum absolute atomic E-state index is 14.1. The normalized spacial score (nSPS) is 15.3. The first kappa shape index (κ1) is 15.6. The molecule has 0 aromatic heterocycles. The number of halogens is 2. The lowest BCUT2D eigenvalue weighted by atomic mass is 10.1. The van der Waals surface area contributed by atoms with Gasteiger partial charge in [-0.15, -0.1) is 0 Å². The summed E-state index contributed by atoms with van der Waals surface area (Å²) in [5, 5.41) is 9.41. The van der Waals surface area contributed by atoms with Crippen LogP contribution in [0.3, 0.4) is 0 Å². The molecule has 0 spiro atoms.